The van der Waals surface area contributed by atoms with Crippen molar-refractivity contribution in [1.29, 1.82) is 0 Å². The van der Waals surface area contributed by atoms with Gasteiger partial charge in [-0.3, -0.25) is 9.69 Å². The Labute approximate surface area is 147 Å². The van der Waals surface area contributed by atoms with Gasteiger partial charge in [0, 0.05) is 50.6 Å². The molecule has 0 saturated carbocycles. The zero-order valence-corrected chi connectivity index (χ0v) is 14.7. The Hall–Kier alpha value is -2.18. The number of aromatic nitrogens is 1. The third-order valence-corrected chi connectivity index (χ3v) is 4.51. The molecular formula is C17H22ClN5O. The van der Waals surface area contributed by atoms with Crippen molar-refractivity contribution in [3.63, 3.8) is 0 Å². The Morgan fingerprint density at radius 1 is 1.17 bits per heavy atom. The average Bonchev–Trinajstić information content (AvgIpc) is 3.09. The van der Waals surface area contributed by atoms with Crippen LogP contribution in [0, 0.1) is 0 Å². The lowest BCUT2D eigenvalue weighted by atomic mass is 10.2. The summed E-state index contributed by atoms with van der Waals surface area (Å²) in [6, 6.07) is 9.33. The number of carbonyl (C=O) groups is 1. The molecule has 1 fully saturated rings. The second-order valence-electron chi connectivity index (χ2n) is 5.97. The van der Waals surface area contributed by atoms with E-state index in [0.717, 1.165) is 31.9 Å². The first-order valence-corrected chi connectivity index (χ1v) is 8.33. The molecule has 0 spiro atoms. The number of benzene rings is 1. The molecule has 0 bridgehead atoms. The Morgan fingerprint density at radius 3 is 2.50 bits per heavy atom. The Morgan fingerprint density at radius 2 is 1.83 bits per heavy atom. The molecule has 0 radical (unpaired) electrons. The number of rotatable bonds is 3. The van der Waals surface area contributed by atoms with Gasteiger partial charge in [-0.1, -0.05) is 11.6 Å². The van der Waals surface area contributed by atoms with Crippen molar-refractivity contribution in [2.75, 3.05) is 50.6 Å². The van der Waals surface area contributed by atoms with Crippen molar-refractivity contribution in [3.05, 3.63) is 47.7 Å². The van der Waals surface area contributed by atoms with Crippen molar-refractivity contribution < 1.29 is 4.79 Å². The lowest BCUT2D eigenvalue weighted by molar-refractivity contribution is 0.164. The Bertz CT molecular complexity index is 695. The molecule has 2 amide bonds. The summed E-state index contributed by atoms with van der Waals surface area (Å²) in [5.41, 5.74) is 1.57. The largest absolute Gasteiger partial charge is 0.322 e. The van der Waals surface area contributed by atoms with Gasteiger partial charge in [-0.05, 0) is 37.4 Å². The number of urea groups is 1. The molecule has 2 heterocycles. The number of nitrogens with one attached hydrogen (secondary N) is 1. The number of hydrogen-bond acceptors (Lipinski definition) is 3. The van der Waals surface area contributed by atoms with E-state index in [1.807, 2.05) is 58.3 Å². The fraction of sp³-hybridized carbons (Fsp3) is 0.353. The van der Waals surface area contributed by atoms with Gasteiger partial charge in [0.25, 0.3) is 0 Å². The predicted octanol–water partition coefficient (Wildman–Crippen LogP) is 2.82. The van der Waals surface area contributed by atoms with E-state index < -0.39 is 0 Å². The first kappa shape index (κ1) is 16.7. The molecule has 1 saturated heterocycles. The molecule has 24 heavy (non-hydrogen) atoms. The minimum atomic E-state index is -0.0903. The second kappa shape index (κ2) is 7.15. The van der Waals surface area contributed by atoms with Crippen molar-refractivity contribution in [3.8, 4) is 0 Å². The molecule has 6 nitrogen and oxygen atoms in total. The Kier molecular flexibility index (Phi) is 4.97. The average molecular weight is 348 g/mol. The lowest BCUT2D eigenvalue weighted by Gasteiger charge is -2.33. The number of anilines is 2. The standard InChI is InChI=1S/C17H22ClN5O/c1-20-9-11-22(12-10-20)17(24)19-15-13-14(18)5-6-16(15)21(2)23-7-3-4-8-23/h3-8,13H,9-12H2,1-2H3,(H,19,24). The summed E-state index contributed by atoms with van der Waals surface area (Å²) in [5, 5.41) is 5.55. The van der Waals surface area contributed by atoms with Gasteiger partial charge in [-0.25, -0.2) is 4.79 Å². The highest BCUT2D eigenvalue weighted by molar-refractivity contribution is 6.31. The van der Waals surface area contributed by atoms with Gasteiger partial charge in [-0.15, -0.1) is 0 Å². The van der Waals surface area contributed by atoms with Crippen molar-refractivity contribution >= 4 is 29.0 Å². The number of hydrogen-bond donors (Lipinski definition) is 1. The molecule has 3 rings (SSSR count). The van der Waals surface area contributed by atoms with E-state index in [-0.39, 0.29) is 6.03 Å². The smallest absolute Gasteiger partial charge is 0.321 e. The molecule has 1 aliphatic heterocycles. The van der Waals surface area contributed by atoms with Crippen molar-refractivity contribution in [2.24, 2.45) is 0 Å². The van der Waals surface area contributed by atoms with Crippen LogP contribution in [0.25, 0.3) is 0 Å². The number of nitrogens with zero attached hydrogens (tertiary/aromatic N) is 4. The van der Waals surface area contributed by atoms with E-state index in [4.69, 9.17) is 11.6 Å². The lowest BCUT2D eigenvalue weighted by Crippen LogP contribution is -2.48. The number of halogens is 1. The summed E-state index contributed by atoms with van der Waals surface area (Å²) >= 11 is 6.14. The van der Waals surface area contributed by atoms with Crippen molar-refractivity contribution in [2.45, 2.75) is 0 Å². The van der Waals surface area contributed by atoms with Crippen LogP contribution < -0.4 is 10.3 Å². The van der Waals surface area contributed by atoms with E-state index in [0.29, 0.717) is 10.7 Å². The third-order valence-electron chi connectivity index (χ3n) is 4.27. The first-order valence-electron chi connectivity index (χ1n) is 7.95. The normalized spacial score (nSPS) is 15.4. The molecule has 1 aliphatic rings. The molecule has 1 aromatic heterocycles. The summed E-state index contributed by atoms with van der Waals surface area (Å²) in [6.45, 7) is 3.23. The minimum Gasteiger partial charge on any atom is -0.322 e. The molecule has 0 atom stereocenters. The summed E-state index contributed by atoms with van der Waals surface area (Å²) in [4.78, 5) is 16.6. The number of likely N-dealkylation sites (N-methyl/N-ethyl adjacent to an activating group) is 1. The summed E-state index contributed by atoms with van der Waals surface area (Å²) in [6.07, 6.45) is 3.89. The first-order chi connectivity index (χ1) is 11.5. The molecular weight excluding hydrogens is 326 g/mol. The molecule has 7 heteroatoms. The fourth-order valence-corrected chi connectivity index (χ4v) is 2.92. The van der Waals surface area contributed by atoms with Gasteiger partial charge in [0.1, 0.15) is 0 Å². The van der Waals surface area contributed by atoms with Crippen LogP contribution in [0.3, 0.4) is 0 Å². The maximum atomic E-state index is 12.6. The van der Waals surface area contributed by atoms with Crippen LogP contribution in [0.5, 0.6) is 0 Å². The van der Waals surface area contributed by atoms with Gasteiger partial charge >= 0.3 is 6.03 Å². The molecule has 1 N–H and O–H groups in total. The molecule has 2 aromatic rings. The highest BCUT2D eigenvalue weighted by Gasteiger charge is 2.20. The van der Waals surface area contributed by atoms with Crippen molar-refractivity contribution in [1.82, 2.24) is 14.5 Å². The monoisotopic (exact) mass is 347 g/mol. The Balaban J connectivity index is 1.79. The zero-order chi connectivity index (χ0) is 17.1. The number of carbonyl (C=O) groups excluding carboxylic acids is 1. The van der Waals surface area contributed by atoms with Gasteiger partial charge in [0.05, 0.1) is 11.4 Å². The third kappa shape index (κ3) is 3.66. The van der Waals surface area contributed by atoms with E-state index >= 15 is 0 Å². The maximum Gasteiger partial charge on any atom is 0.321 e. The topological polar surface area (TPSA) is 43.8 Å². The van der Waals surface area contributed by atoms with Gasteiger partial charge in [0.2, 0.25) is 0 Å². The summed E-state index contributed by atoms with van der Waals surface area (Å²) in [5.74, 6) is 0. The number of amides is 2. The number of piperazine rings is 1. The second-order valence-corrected chi connectivity index (χ2v) is 6.41. The molecule has 0 aliphatic carbocycles. The highest BCUT2D eigenvalue weighted by atomic mass is 35.5. The molecule has 128 valence electrons. The van der Waals surface area contributed by atoms with Crippen LogP contribution in [0.4, 0.5) is 16.2 Å². The van der Waals surface area contributed by atoms with Crippen LogP contribution >= 0.6 is 11.6 Å². The fourth-order valence-electron chi connectivity index (χ4n) is 2.74. The maximum absolute atomic E-state index is 12.6. The van der Waals surface area contributed by atoms with Crippen LogP contribution in [0.2, 0.25) is 5.02 Å². The predicted molar refractivity (Wildman–Crippen MR) is 97.8 cm³/mol. The zero-order valence-electron chi connectivity index (χ0n) is 13.9. The van der Waals surface area contributed by atoms with Gasteiger partial charge in [0.15, 0.2) is 0 Å². The van der Waals surface area contributed by atoms with E-state index in [2.05, 4.69) is 17.3 Å². The van der Waals surface area contributed by atoms with Crippen LogP contribution in [0.1, 0.15) is 0 Å². The summed E-state index contributed by atoms with van der Waals surface area (Å²) in [7, 11) is 4.01. The van der Waals surface area contributed by atoms with Crippen LogP contribution in [0.15, 0.2) is 42.7 Å². The van der Waals surface area contributed by atoms with Gasteiger partial charge < -0.3 is 15.1 Å². The van der Waals surface area contributed by atoms with E-state index in [9.17, 15) is 4.79 Å². The van der Waals surface area contributed by atoms with Crippen LogP contribution in [-0.2, 0) is 0 Å². The molecule has 0 unspecified atom stereocenters. The van der Waals surface area contributed by atoms with E-state index in [1.165, 1.54) is 0 Å². The van der Waals surface area contributed by atoms with Gasteiger partial charge in [-0.2, -0.15) is 0 Å². The van der Waals surface area contributed by atoms with E-state index in [1.54, 1.807) is 6.07 Å². The minimum absolute atomic E-state index is 0.0903. The highest BCUT2D eigenvalue weighted by Crippen LogP contribution is 2.29. The SMILES string of the molecule is CN1CCN(C(=O)Nc2cc(Cl)ccc2N(C)n2cccc2)CC1. The van der Waals surface area contributed by atoms with Crippen LogP contribution in [-0.4, -0.2) is 60.8 Å². The molecule has 1 aromatic carbocycles. The quantitative estimate of drug-likeness (QED) is 0.928. The summed E-state index contributed by atoms with van der Waals surface area (Å²) < 4.78 is 1.94.